The second kappa shape index (κ2) is 9.23. The van der Waals surface area contributed by atoms with Crippen molar-refractivity contribution in [2.45, 2.75) is 0 Å². The van der Waals surface area contributed by atoms with Gasteiger partial charge in [-0.3, -0.25) is 15.5 Å². The van der Waals surface area contributed by atoms with E-state index in [1.54, 1.807) is 24.4 Å². The first-order valence-electron chi connectivity index (χ1n) is 9.33. The number of aromatic nitrogens is 1. The largest absolute Gasteiger partial charge is 0.493 e. The summed E-state index contributed by atoms with van der Waals surface area (Å²) in [6, 6.07) is 17.9. The number of ether oxygens (including phenoxy) is 2. The molecule has 0 bridgehead atoms. The number of carbonyl (C=O) groups is 1. The van der Waals surface area contributed by atoms with Gasteiger partial charge in [0, 0.05) is 12.1 Å². The van der Waals surface area contributed by atoms with Gasteiger partial charge < -0.3 is 9.47 Å². The minimum atomic E-state index is -0.655. The average molecular weight is 448 g/mol. The number of fused-ring (bicyclic) bond motifs is 1. The number of hydrogen-bond donors (Lipinski definition) is 1. The van der Waals surface area contributed by atoms with Crippen molar-refractivity contribution >= 4 is 44.6 Å². The predicted octanol–water partition coefficient (Wildman–Crippen LogP) is 4.88. The molecule has 32 heavy (non-hydrogen) atoms. The lowest BCUT2D eigenvalue weighted by atomic mass is 10.2. The highest BCUT2D eigenvalue weighted by Crippen LogP contribution is 2.29. The summed E-state index contributed by atoms with van der Waals surface area (Å²) in [5, 5.41) is 15.6. The number of rotatable bonds is 7. The van der Waals surface area contributed by atoms with E-state index in [-0.39, 0.29) is 17.0 Å². The topological polar surface area (TPSA) is 116 Å². The Morgan fingerprint density at radius 2 is 1.91 bits per heavy atom. The summed E-state index contributed by atoms with van der Waals surface area (Å²) in [4.78, 5) is 27.0. The molecule has 10 heteroatoms. The molecule has 3 aromatic carbocycles. The fraction of sp³-hybridized carbons (Fsp3) is 0.0455. The van der Waals surface area contributed by atoms with E-state index in [9.17, 15) is 14.9 Å². The molecule has 1 N–H and O–H groups in total. The second-order valence-corrected chi connectivity index (χ2v) is 7.49. The number of esters is 1. The van der Waals surface area contributed by atoms with E-state index >= 15 is 0 Å². The van der Waals surface area contributed by atoms with Crippen molar-refractivity contribution in [2.24, 2.45) is 5.10 Å². The van der Waals surface area contributed by atoms with E-state index in [0.29, 0.717) is 16.4 Å². The molecule has 0 aliphatic heterocycles. The number of nitro groups is 1. The smallest absolute Gasteiger partial charge is 0.343 e. The number of non-ortho nitro benzene ring substituents is 1. The SMILES string of the molecule is COc1cc(/C=N/Nc2nc3ccccc3s2)ccc1OC(=O)c1ccc([N+](=O)[O-])cc1. The normalized spacial score (nSPS) is 10.9. The van der Waals surface area contributed by atoms with Crippen LogP contribution in [0.3, 0.4) is 0 Å². The molecule has 4 rings (SSSR count). The first-order valence-corrected chi connectivity index (χ1v) is 10.1. The third kappa shape index (κ3) is 4.71. The highest BCUT2D eigenvalue weighted by atomic mass is 32.1. The standard InChI is InChI=1S/C22H16N4O5S/c1-30-19-12-14(13-23-25-22-24-17-4-2-3-5-20(17)32-22)6-11-18(19)31-21(27)15-7-9-16(10-8-15)26(28)29/h2-13H,1H3,(H,24,25)/b23-13+. The van der Waals surface area contributed by atoms with Crippen LogP contribution < -0.4 is 14.9 Å². The molecule has 0 unspecified atom stereocenters. The fourth-order valence-electron chi connectivity index (χ4n) is 2.81. The Hall–Kier alpha value is -4.31. The van der Waals surface area contributed by atoms with Crippen LogP contribution in [0.4, 0.5) is 10.8 Å². The van der Waals surface area contributed by atoms with E-state index in [0.717, 1.165) is 10.2 Å². The quantitative estimate of drug-likeness (QED) is 0.141. The summed E-state index contributed by atoms with van der Waals surface area (Å²) in [7, 11) is 1.46. The molecule has 160 valence electrons. The molecular weight excluding hydrogens is 432 g/mol. The Balaban J connectivity index is 1.44. The number of methoxy groups -OCH3 is 1. The van der Waals surface area contributed by atoms with Gasteiger partial charge in [-0.05, 0) is 48.0 Å². The van der Waals surface area contributed by atoms with E-state index in [4.69, 9.17) is 9.47 Å². The molecule has 1 aromatic heterocycles. The number of hydrazone groups is 1. The number of hydrogen-bond acceptors (Lipinski definition) is 9. The summed E-state index contributed by atoms with van der Waals surface area (Å²) in [6.45, 7) is 0. The highest BCUT2D eigenvalue weighted by molar-refractivity contribution is 7.22. The monoisotopic (exact) mass is 448 g/mol. The van der Waals surface area contributed by atoms with Crippen LogP contribution >= 0.6 is 11.3 Å². The molecule has 0 radical (unpaired) electrons. The summed E-state index contributed by atoms with van der Waals surface area (Å²) < 4.78 is 11.8. The number of carbonyl (C=O) groups excluding carboxylic acids is 1. The second-order valence-electron chi connectivity index (χ2n) is 6.46. The van der Waals surface area contributed by atoms with Crippen LogP contribution in [0.15, 0.2) is 71.8 Å². The molecule has 9 nitrogen and oxygen atoms in total. The maximum absolute atomic E-state index is 12.4. The average Bonchev–Trinajstić information content (AvgIpc) is 3.22. The molecule has 0 fully saturated rings. The lowest BCUT2D eigenvalue weighted by Gasteiger charge is -2.10. The first kappa shape index (κ1) is 20.9. The van der Waals surface area contributed by atoms with Crippen LogP contribution in [0, 0.1) is 10.1 Å². The van der Waals surface area contributed by atoms with Gasteiger partial charge in [-0.1, -0.05) is 23.5 Å². The minimum Gasteiger partial charge on any atom is -0.493 e. The molecule has 0 aliphatic rings. The van der Waals surface area contributed by atoms with Crippen LogP contribution in [-0.2, 0) is 0 Å². The van der Waals surface area contributed by atoms with E-state index in [1.165, 1.54) is 42.7 Å². The Bertz CT molecular complexity index is 1280. The van der Waals surface area contributed by atoms with Crippen molar-refractivity contribution < 1.29 is 19.2 Å². The third-order valence-electron chi connectivity index (χ3n) is 4.37. The number of nitrogens with zero attached hydrogens (tertiary/aromatic N) is 3. The zero-order valence-corrected chi connectivity index (χ0v) is 17.5. The van der Waals surface area contributed by atoms with E-state index in [1.807, 2.05) is 24.3 Å². The van der Waals surface area contributed by atoms with Crippen molar-refractivity contribution in [3.05, 3.63) is 88.0 Å². The number of thiazole rings is 1. The number of anilines is 1. The van der Waals surface area contributed by atoms with Gasteiger partial charge in [-0.15, -0.1) is 0 Å². The Morgan fingerprint density at radius 1 is 1.12 bits per heavy atom. The molecule has 0 amide bonds. The molecule has 0 saturated carbocycles. The molecule has 0 saturated heterocycles. The van der Waals surface area contributed by atoms with E-state index in [2.05, 4.69) is 15.5 Å². The summed E-state index contributed by atoms with van der Waals surface area (Å²) in [5.74, 6) is -0.103. The third-order valence-corrected chi connectivity index (χ3v) is 5.31. The number of nitrogens with one attached hydrogen (secondary N) is 1. The summed E-state index contributed by atoms with van der Waals surface area (Å²) in [6.07, 6.45) is 1.59. The fourth-order valence-corrected chi connectivity index (χ4v) is 3.62. The van der Waals surface area contributed by atoms with Crippen LogP contribution in [-0.4, -0.2) is 29.2 Å². The molecule has 0 aliphatic carbocycles. The van der Waals surface area contributed by atoms with Crippen LogP contribution in [0.25, 0.3) is 10.2 Å². The Kier molecular flexibility index (Phi) is 6.04. The summed E-state index contributed by atoms with van der Waals surface area (Å²) >= 11 is 1.49. The lowest BCUT2D eigenvalue weighted by Crippen LogP contribution is -2.09. The van der Waals surface area contributed by atoms with Gasteiger partial charge in [0.2, 0.25) is 5.13 Å². The maximum atomic E-state index is 12.4. The molecular formula is C22H16N4O5S. The van der Waals surface area contributed by atoms with Crippen molar-refractivity contribution in [3.8, 4) is 11.5 Å². The van der Waals surface area contributed by atoms with Gasteiger partial charge in [0.25, 0.3) is 5.69 Å². The Morgan fingerprint density at radius 3 is 2.62 bits per heavy atom. The van der Waals surface area contributed by atoms with Crippen LogP contribution in [0.5, 0.6) is 11.5 Å². The van der Waals surface area contributed by atoms with Gasteiger partial charge in [0.1, 0.15) is 0 Å². The lowest BCUT2D eigenvalue weighted by molar-refractivity contribution is -0.384. The van der Waals surface area contributed by atoms with Crippen molar-refractivity contribution in [1.29, 1.82) is 0 Å². The molecule has 0 atom stereocenters. The van der Waals surface area contributed by atoms with Crippen molar-refractivity contribution in [3.63, 3.8) is 0 Å². The highest BCUT2D eigenvalue weighted by Gasteiger charge is 2.14. The minimum absolute atomic E-state index is 0.109. The van der Waals surface area contributed by atoms with Gasteiger partial charge >= 0.3 is 5.97 Å². The zero-order chi connectivity index (χ0) is 22.5. The zero-order valence-electron chi connectivity index (χ0n) is 16.7. The number of benzene rings is 3. The first-order chi connectivity index (χ1) is 15.5. The maximum Gasteiger partial charge on any atom is 0.343 e. The van der Waals surface area contributed by atoms with Crippen LogP contribution in [0.1, 0.15) is 15.9 Å². The van der Waals surface area contributed by atoms with Crippen molar-refractivity contribution in [1.82, 2.24) is 4.98 Å². The molecule has 0 spiro atoms. The Labute approximate surface area is 186 Å². The van der Waals surface area contributed by atoms with Gasteiger partial charge in [-0.25, -0.2) is 9.78 Å². The summed E-state index contributed by atoms with van der Waals surface area (Å²) in [5.41, 5.74) is 4.59. The van der Waals surface area contributed by atoms with Gasteiger partial charge in [-0.2, -0.15) is 5.10 Å². The van der Waals surface area contributed by atoms with Gasteiger partial charge in [0.05, 0.1) is 34.0 Å². The van der Waals surface area contributed by atoms with Crippen LogP contribution in [0.2, 0.25) is 0 Å². The molecule has 4 aromatic rings. The van der Waals surface area contributed by atoms with Crippen molar-refractivity contribution in [2.75, 3.05) is 12.5 Å². The number of para-hydroxylation sites is 1. The van der Waals surface area contributed by atoms with Gasteiger partial charge in [0.15, 0.2) is 11.5 Å². The molecule has 1 heterocycles. The predicted molar refractivity (Wildman–Crippen MR) is 122 cm³/mol. The number of nitro benzene ring substituents is 1. The van der Waals surface area contributed by atoms with E-state index < -0.39 is 10.9 Å².